The minimum absolute atomic E-state index is 0.0239. The van der Waals surface area contributed by atoms with E-state index in [0.29, 0.717) is 55.8 Å². The maximum atomic E-state index is 14.0. The van der Waals surface area contributed by atoms with Gasteiger partial charge in [-0.2, -0.15) is 0 Å². The molecule has 10 heteroatoms. The van der Waals surface area contributed by atoms with E-state index in [2.05, 4.69) is 24.5 Å². The molecule has 1 aromatic carbocycles. The minimum atomic E-state index is -1.06. The number of anilines is 2. The molecule has 0 bridgehead atoms. The Labute approximate surface area is 243 Å². The number of hydrogen-bond donors (Lipinski definition) is 2. The van der Waals surface area contributed by atoms with Crippen LogP contribution >= 0.6 is 0 Å². The second kappa shape index (κ2) is 13.5. The van der Waals surface area contributed by atoms with Crippen molar-refractivity contribution in [1.29, 1.82) is 0 Å². The molecule has 3 amide bonds. The number of nitrogens with one attached hydrogen (secondary N) is 2. The maximum Gasteiger partial charge on any atom is 0.270 e. The molecule has 2 heterocycles. The smallest absolute Gasteiger partial charge is 0.270 e. The van der Waals surface area contributed by atoms with Crippen molar-refractivity contribution in [1.82, 2.24) is 10.6 Å². The number of hydrogen-bond acceptors (Lipinski definition) is 6. The molecule has 1 aromatic rings. The van der Waals surface area contributed by atoms with Crippen molar-refractivity contribution >= 4 is 29.1 Å². The highest BCUT2D eigenvalue weighted by Crippen LogP contribution is 2.43. The molecule has 4 rings (SSSR count). The zero-order chi connectivity index (χ0) is 29.7. The lowest BCUT2D eigenvalue weighted by atomic mass is 9.88. The summed E-state index contributed by atoms with van der Waals surface area (Å²) in [5.41, 5.74) is 0.193. The third-order valence-electron chi connectivity index (χ3n) is 8.00. The molecule has 0 aromatic heterocycles. The number of rotatable bonds is 13. The van der Waals surface area contributed by atoms with Crippen LogP contribution in [0, 0.1) is 17.8 Å². The van der Waals surface area contributed by atoms with Crippen molar-refractivity contribution in [2.75, 3.05) is 49.3 Å². The van der Waals surface area contributed by atoms with Crippen LogP contribution in [-0.4, -0.2) is 74.9 Å². The lowest BCUT2D eigenvalue weighted by Gasteiger charge is -2.39. The zero-order valence-electron chi connectivity index (χ0n) is 25.2. The normalized spacial score (nSPS) is 22.6. The van der Waals surface area contributed by atoms with Gasteiger partial charge in [-0.05, 0) is 77.0 Å². The van der Waals surface area contributed by atoms with Crippen molar-refractivity contribution in [3.8, 4) is 5.75 Å². The van der Waals surface area contributed by atoms with Crippen LogP contribution in [-0.2, 0) is 19.1 Å². The predicted octanol–water partition coefficient (Wildman–Crippen LogP) is 3.84. The summed E-state index contributed by atoms with van der Waals surface area (Å²) in [6.07, 6.45) is 3.31. The van der Waals surface area contributed by atoms with Crippen molar-refractivity contribution in [3.63, 3.8) is 0 Å². The van der Waals surface area contributed by atoms with Crippen LogP contribution < -0.4 is 25.2 Å². The molecule has 9 nitrogen and oxygen atoms in total. The quantitative estimate of drug-likeness (QED) is 0.372. The number of ether oxygens (including phenoxy) is 2. The largest absolute Gasteiger partial charge is 0.476 e. The number of fused-ring (bicyclic) bond motifs is 1. The highest BCUT2D eigenvalue weighted by molar-refractivity contribution is 6.04. The van der Waals surface area contributed by atoms with Gasteiger partial charge in [0.25, 0.3) is 5.91 Å². The van der Waals surface area contributed by atoms with Gasteiger partial charge in [0.15, 0.2) is 5.60 Å². The molecule has 0 spiro atoms. The molecule has 3 atom stereocenters. The van der Waals surface area contributed by atoms with Gasteiger partial charge in [-0.3, -0.25) is 18.8 Å². The molecule has 1 aliphatic carbocycles. The Bertz CT molecular complexity index is 1090. The van der Waals surface area contributed by atoms with Crippen LogP contribution in [0.15, 0.2) is 18.2 Å². The number of nitrogens with zero attached hydrogens (tertiary/aromatic N) is 2. The lowest BCUT2D eigenvalue weighted by Crippen LogP contribution is -2.53. The number of carbonyl (C=O) groups excluding carboxylic acids is 3. The molecule has 2 fully saturated rings. The standard InChI is InChI=1S/C31H47FN4O5/c1-6-40-19-23(14-20(2)3)34-28(37)21-15-22(18-33-17-21)29(38)36(24-8-9-24)25-10-11-27-26(16-25)35(13-7-12-32)30(39)31(4,5)41-27/h10-11,16,20-24,33H,6-9,12-15,17-19H2,1-5H3,(H,34,37)/t21-,22?,23+/m0/s1. The predicted molar refractivity (Wildman–Crippen MR) is 157 cm³/mol. The van der Waals surface area contributed by atoms with Gasteiger partial charge < -0.3 is 29.9 Å². The van der Waals surface area contributed by atoms with Gasteiger partial charge in [0.2, 0.25) is 11.8 Å². The van der Waals surface area contributed by atoms with E-state index >= 15 is 0 Å². The van der Waals surface area contributed by atoms with Crippen LogP contribution in [0.3, 0.4) is 0 Å². The minimum Gasteiger partial charge on any atom is -0.476 e. The van der Waals surface area contributed by atoms with Crippen molar-refractivity contribution in [2.24, 2.45) is 17.8 Å². The number of halogens is 1. The molecule has 1 saturated heterocycles. The molecule has 3 aliphatic rings. The Balaban J connectivity index is 1.51. The third-order valence-corrected chi connectivity index (χ3v) is 8.00. The molecule has 2 aliphatic heterocycles. The molecule has 0 radical (unpaired) electrons. The summed E-state index contributed by atoms with van der Waals surface area (Å²) < 4.78 is 24.7. The fraction of sp³-hybridized carbons (Fsp3) is 0.710. The Hall–Kier alpha value is -2.72. The second-order valence-corrected chi connectivity index (χ2v) is 12.5. The first-order valence-electron chi connectivity index (χ1n) is 15.2. The van der Waals surface area contributed by atoms with Crippen LogP contribution in [0.1, 0.15) is 66.7 Å². The second-order valence-electron chi connectivity index (χ2n) is 12.5. The summed E-state index contributed by atoms with van der Waals surface area (Å²) in [4.78, 5) is 43.9. The van der Waals surface area contributed by atoms with E-state index in [1.54, 1.807) is 24.8 Å². The monoisotopic (exact) mass is 574 g/mol. The fourth-order valence-corrected chi connectivity index (χ4v) is 5.84. The Morgan fingerprint density at radius 2 is 1.98 bits per heavy atom. The molecule has 1 unspecified atom stereocenters. The summed E-state index contributed by atoms with van der Waals surface area (Å²) in [7, 11) is 0. The van der Waals surface area contributed by atoms with Gasteiger partial charge in [0.1, 0.15) is 5.75 Å². The van der Waals surface area contributed by atoms with Crippen LogP contribution in [0.25, 0.3) is 0 Å². The maximum absolute atomic E-state index is 14.0. The number of carbonyl (C=O) groups is 3. The first-order chi connectivity index (χ1) is 19.6. The number of amides is 3. The Kier molecular flexibility index (Phi) is 10.3. The van der Waals surface area contributed by atoms with Crippen molar-refractivity contribution < 1.29 is 28.2 Å². The third kappa shape index (κ3) is 7.57. The molecule has 41 heavy (non-hydrogen) atoms. The molecule has 2 N–H and O–H groups in total. The first kappa shape index (κ1) is 31.2. The number of piperidine rings is 1. The van der Waals surface area contributed by atoms with E-state index in [-0.39, 0.29) is 54.6 Å². The highest BCUT2D eigenvalue weighted by atomic mass is 19.1. The van der Waals surface area contributed by atoms with E-state index in [0.717, 1.165) is 19.3 Å². The zero-order valence-corrected chi connectivity index (χ0v) is 25.2. The van der Waals surface area contributed by atoms with Crippen molar-refractivity contribution in [3.05, 3.63) is 18.2 Å². The summed E-state index contributed by atoms with van der Waals surface area (Å²) in [6, 6.07) is 5.49. The summed E-state index contributed by atoms with van der Waals surface area (Å²) in [5, 5.41) is 6.48. The molecule has 1 saturated carbocycles. The number of alkyl halides is 1. The Morgan fingerprint density at radius 1 is 1.24 bits per heavy atom. The van der Waals surface area contributed by atoms with E-state index in [4.69, 9.17) is 9.47 Å². The van der Waals surface area contributed by atoms with Gasteiger partial charge in [-0.25, -0.2) is 0 Å². The molecular formula is C31H47FN4O5. The first-order valence-corrected chi connectivity index (χ1v) is 15.2. The summed E-state index contributed by atoms with van der Waals surface area (Å²) >= 11 is 0. The van der Waals surface area contributed by atoms with Crippen LogP contribution in [0.2, 0.25) is 0 Å². The van der Waals surface area contributed by atoms with Crippen LogP contribution in [0.4, 0.5) is 15.8 Å². The SMILES string of the molecule is CCOC[C@@H](CC(C)C)NC(=O)[C@@H]1CNCC(C(=O)N(c2ccc3c(c2)N(CCCF)C(=O)C(C)(C)O3)C2CC2)C1. The van der Waals surface area contributed by atoms with Gasteiger partial charge in [-0.1, -0.05) is 13.8 Å². The summed E-state index contributed by atoms with van der Waals surface area (Å²) in [6.45, 7) is 11.4. The molecular weight excluding hydrogens is 527 g/mol. The average Bonchev–Trinajstić information content (AvgIpc) is 3.77. The number of benzene rings is 1. The van der Waals surface area contributed by atoms with E-state index in [9.17, 15) is 18.8 Å². The molecule has 228 valence electrons. The van der Waals surface area contributed by atoms with E-state index in [1.807, 2.05) is 24.0 Å². The van der Waals surface area contributed by atoms with E-state index in [1.165, 1.54) is 0 Å². The van der Waals surface area contributed by atoms with Gasteiger partial charge in [-0.15, -0.1) is 0 Å². The van der Waals surface area contributed by atoms with Crippen molar-refractivity contribution in [2.45, 2.75) is 84.4 Å². The average molecular weight is 575 g/mol. The van der Waals surface area contributed by atoms with E-state index < -0.39 is 12.3 Å². The van der Waals surface area contributed by atoms with Crippen LogP contribution in [0.5, 0.6) is 5.75 Å². The van der Waals surface area contributed by atoms with Gasteiger partial charge in [0, 0.05) is 38.0 Å². The topological polar surface area (TPSA) is 100 Å². The van der Waals surface area contributed by atoms with Gasteiger partial charge >= 0.3 is 0 Å². The summed E-state index contributed by atoms with van der Waals surface area (Å²) in [5.74, 6) is -0.0140. The lowest BCUT2D eigenvalue weighted by molar-refractivity contribution is -0.132. The van der Waals surface area contributed by atoms with Gasteiger partial charge in [0.05, 0.1) is 36.8 Å². The highest BCUT2D eigenvalue weighted by Gasteiger charge is 2.43. The fourth-order valence-electron chi connectivity index (χ4n) is 5.84. The Morgan fingerprint density at radius 3 is 2.63 bits per heavy atom.